The molecule has 1 aromatic carbocycles. The van der Waals surface area contributed by atoms with Crippen molar-refractivity contribution in [1.82, 2.24) is 5.32 Å². The molecule has 1 aromatic rings. The predicted molar refractivity (Wildman–Crippen MR) is 90.4 cm³/mol. The van der Waals surface area contributed by atoms with Gasteiger partial charge in [-0.3, -0.25) is 0 Å². The second kappa shape index (κ2) is 6.96. The van der Waals surface area contributed by atoms with Crippen molar-refractivity contribution in [2.45, 2.75) is 64.8 Å². The van der Waals surface area contributed by atoms with Crippen molar-refractivity contribution in [3.63, 3.8) is 0 Å². The summed E-state index contributed by atoms with van der Waals surface area (Å²) in [5.41, 5.74) is 2.87. The second-order valence-corrected chi connectivity index (χ2v) is 7.32. The van der Waals surface area contributed by atoms with Crippen molar-refractivity contribution in [2.24, 2.45) is 17.8 Å². The molecule has 1 N–H and O–H groups in total. The Hall–Kier alpha value is -0.820. The molecular weight excluding hydrogens is 254 g/mol. The van der Waals surface area contributed by atoms with Gasteiger partial charge in [0.25, 0.3) is 0 Å². The molecular formula is C20H31N. The van der Waals surface area contributed by atoms with Gasteiger partial charge in [-0.05, 0) is 56.0 Å². The lowest BCUT2D eigenvalue weighted by Gasteiger charge is -2.42. The highest BCUT2D eigenvalue weighted by molar-refractivity contribution is 5.25. The van der Waals surface area contributed by atoms with Crippen LogP contribution in [-0.4, -0.2) is 6.54 Å². The first-order valence-corrected chi connectivity index (χ1v) is 9.08. The van der Waals surface area contributed by atoms with Crippen molar-refractivity contribution < 1.29 is 0 Å². The van der Waals surface area contributed by atoms with E-state index in [2.05, 4.69) is 43.4 Å². The van der Waals surface area contributed by atoms with Crippen molar-refractivity contribution in [3.8, 4) is 0 Å². The van der Waals surface area contributed by atoms with Gasteiger partial charge in [-0.2, -0.15) is 0 Å². The fourth-order valence-corrected chi connectivity index (χ4v) is 4.76. The van der Waals surface area contributed by atoms with Crippen molar-refractivity contribution in [2.75, 3.05) is 6.54 Å². The molecule has 4 atom stereocenters. The van der Waals surface area contributed by atoms with Crippen LogP contribution in [0.25, 0.3) is 0 Å². The molecule has 0 amide bonds. The molecule has 0 saturated heterocycles. The number of hydrogen-bond donors (Lipinski definition) is 1. The topological polar surface area (TPSA) is 12.0 Å². The highest BCUT2D eigenvalue weighted by Gasteiger charge is 2.35. The van der Waals surface area contributed by atoms with Gasteiger partial charge in [0, 0.05) is 6.04 Å². The Morgan fingerprint density at radius 2 is 1.71 bits per heavy atom. The Morgan fingerprint density at radius 1 is 1.00 bits per heavy atom. The number of rotatable bonds is 4. The van der Waals surface area contributed by atoms with E-state index in [1.165, 1.54) is 56.1 Å². The van der Waals surface area contributed by atoms with E-state index in [0.717, 1.165) is 24.3 Å². The summed E-state index contributed by atoms with van der Waals surface area (Å²) in [4.78, 5) is 0. The number of aryl methyl sites for hydroxylation is 1. The molecule has 1 heteroatoms. The Morgan fingerprint density at radius 3 is 2.43 bits per heavy atom. The molecule has 3 rings (SSSR count). The third-order valence-corrected chi connectivity index (χ3v) is 5.91. The maximum Gasteiger partial charge on any atom is 0.0348 e. The van der Waals surface area contributed by atoms with Gasteiger partial charge in [0.05, 0.1) is 0 Å². The summed E-state index contributed by atoms with van der Waals surface area (Å²) < 4.78 is 0. The van der Waals surface area contributed by atoms with Gasteiger partial charge in [-0.1, -0.05) is 62.4 Å². The average Bonchev–Trinajstić information content (AvgIpc) is 2.53. The number of benzene rings is 1. The van der Waals surface area contributed by atoms with E-state index in [0.29, 0.717) is 6.04 Å². The maximum atomic E-state index is 3.78. The van der Waals surface area contributed by atoms with Crippen LogP contribution in [0, 0.1) is 24.7 Å². The molecule has 2 aliphatic rings. The summed E-state index contributed by atoms with van der Waals surface area (Å²) in [6.07, 6.45) is 10.3. The number of nitrogens with one attached hydrogen (secondary N) is 1. The molecule has 0 bridgehead atoms. The van der Waals surface area contributed by atoms with Crippen LogP contribution >= 0.6 is 0 Å². The minimum atomic E-state index is 0.568. The molecule has 4 unspecified atom stereocenters. The van der Waals surface area contributed by atoms with Crippen LogP contribution in [0.2, 0.25) is 0 Å². The first-order valence-electron chi connectivity index (χ1n) is 9.08. The molecule has 0 heterocycles. The standard InChI is InChI=1S/C20H31N/c1-3-21-20(17-10-8-15(2)9-11-17)19-13-12-16-6-4-5-7-18(16)14-19/h8-11,16,18-21H,3-7,12-14H2,1-2H3. The van der Waals surface area contributed by atoms with Gasteiger partial charge >= 0.3 is 0 Å². The molecule has 0 radical (unpaired) electrons. The average molecular weight is 285 g/mol. The van der Waals surface area contributed by atoms with Crippen LogP contribution in [0.4, 0.5) is 0 Å². The van der Waals surface area contributed by atoms with Crippen LogP contribution in [-0.2, 0) is 0 Å². The molecule has 2 aliphatic carbocycles. The Labute approximate surface area is 130 Å². The van der Waals surface area contributed by atoms with Crippen molar-refractivity contribution in [1.29, 1.82) is 0 Å². The first-order chi connectivity index (χ1) is 10.3. The van der Waals surface area contributed by atoms with Crippen LogP contribution in [0.1, 0.15) is 69.0 Å². The Kier molecular flexibility index (Phi) is 5.00. The first kappa shape index (κ1) is 15.1. The fraction of sp³-hybridized carbons (Fsp3) is 0.700. The maximum absolute atomic E-state index is 3.78. The zero-order valence-corrected chi connectivity index (χ0v) is 13.8. The summed E-state index contributed by atoms with van der Waals surface area (Å²) >= 11 is 0. The third kappa shape index (κ3) is 3.51. The van der Waals surface area contributed by atoms with Crippen molar-refractivity contribution >= 4 is 0 Å². The van der Waals surface area contributed by atoms with Gasteiger partial charge in [-0.15, -0.1) is 0 Å². The molecule has 0 aliphatic heterocycles. The zero-order valence-electron chi connectivity index (χ0n) is 13.8. The quantitative estimate of drug-likeness (QED) is 0.796. The molecule has 2 saturated carbocycles. The number of hydrogen-bond acceptors (Lipinski definition) is 1. The number of fused-ring (bicyclic) bond motifs is 1. The van der Waals surface area contributed by atoms with Crippen molar-refractivity contribution in [3.05, 3.63) is 35.4 Å². The van der Waals surface area contributed by atoms with E-state index < -0.39 is 0 Å². The summed E-state index contributed by atoms with van der Waals surface area (Å²) in [6, 6.07) is 9.79. The predicted octanol–water partition coefficient (Wildman–Crippen LogP) is 5.25. The molecule has 1 nitrogen and oxygen atoms in total. The van der Waals surface area contributed by atoms with Gasteiger partial charge in [-0.25, -0.2) is 0 Å². The van der Waals surface area contributed by atoms with Gasteiger partial charge in [0.2, 0.25) is 0 Å². The summed E-state index contributed by atoms with van der Waals surface area (Å²) in [5, 5.41) is 3.78. The highest BCUT2D eigenvalue weighted by atomic mass is 14.9. The van der Waals surface area contributed by atoms with Crippen LogP contribution in [0.5, 0.6) is 0 Å². The van der Waals surface area contributed by atoms with Crippen LogP contribution in [0.15, 0.2) is 24.3 Å². The Balaban J connectivity index is 1.73. The molecule has 116 valence electrons. The summed E-state index contributed by atoms with van der Waals surface area (Å²) in [5.74, 6) is 2.91. The van der Waals surface area contributed by atoms with E-state index in [9.17, 15) is 0 Å². The molecule has 21 heavy (non-hydrogen) atoms. The lowest BCUT2D eigenvalue weighted by molar-refractivity contribution is 0.110. The van der Waals surface area contributed by atoms with E-state index in [4.69, 9.17) is 0 Å². The normalized spacial score (nSPS) is 30.7. The van der Waals surface area contributed by atoms with E-state index in [-0.39, 0.29) is 0 Å². The zero-order chi connectivity index (χ0) is 14.7. The monoisotopic (exact) mass is 285 g/mol. The largest absolute Gasteiger partial charge is 0.310 e. The summed E-state index contributed by atoms with van der Waals surface area (Å²) in [7, 11) is 0. The van der Waals surface area contributed by atoms with E-state index >= 15 is 0 Å². The minimum absolute atomic E-state index is 0.568. The van der Waals surface area contributed by atoms with Crippen LogP contribution < -0.4 is 5.32 Å². The fourth-order valence-electron chi connectivity index (χ4n) is 4.76. The second-order valence-electron chi connectivity index (χ2n) is 7.32. The molecule has 0 spiro atoms. The SMILES string of the molecule is CCNC(c1ccc(C)cc1)C1CCC2CCCCC2C1. The minimum Gasteiger partial charge on any atom is -0.310 e. The summed E-state index contributed by atoms with van der Waals surface area (Å²) in [6.45, 7) is 5.50. The van der Waals surface area contributed by atoms with Crippen LogP contribution in [0.3, 0.4) is 0 Å². The molecule has 0 aromatic heterocycles. The van der Waals surface area contributed by atoms with Gasteiger partial charge < -0.3 is 5.32 Å². The lowest BCUT2D eigenvalue weighted by atomic mass is 9.65. The smallest absolute Gasteiger partial charge is 0.0348 e. The molecule has 2 fully saturated rings. The van der Waals surface area contributed by atoms with E-state index in [1.54, 1.807) is 0 Å². The van der Waals surface area contributed by atoms with Gasteiger partial charge in [0.15, 0.2) is 0 Å². The highest BCUT2D eigenvalue weighted by Crippen LogP contribution is 2.46. The Bertz CT molecular complexity index is 436. The lowest BCUT2D eigenvalue weighted by Crippen LogP contribution is -2.35. The third-order valence-electron chi connectivity index (χ3n) is 5.91. The van der Waals surface area contributed by atoms with E-state index in [1.807, 2.05) is 0 Å². The van der Waals surface area contributed by atoms with Gasteiger partial charge in [0.1, 0.15) is 0 Å².